The van der Waals surface area contributed by atoms with E-state index in [4.69, 9.17) is 21.1 Å². The van der Waals surface area contributed by atoms with E-state index >= 15 is 0 Å². The zero-order valence-electron chi connectivity index (χ0n) is 22.8. The number of esters is 1. The highest BCUT2D eigenvalue weighted by atomic mass is 35.5. The monoisotopic (exact) mass is 601 g/mol. The third-order valence-electron chi connectivity index (χ3n) is 6.25. The van der Waals surface area contributed by atoms with Gasteiger partial charge in [0, 0.05) is 29.5 Å². The Kier molecular flexibility index (Phi) is 7.82. The Morgan fingerprint density at radius 2 is 2.05 bits per heavy atom. The van der Waals surface area contributed by atoms with E-state index in [1.165, 1.54) is 50.9 Å². The Bertz CT molecular complexity index is 1670. The number of benzene rings is 1. The van der Waals surface area contributed by atoms with E-state index in [2.05, 4.69) is 20.5 Å². The van der Waals surface area contributed by atoms with Gasteiger partial charge in [-0.15, -0.1) is 0 Å². The number of aromatic nitrogens is 5. The van der Waals surface area contributed by atoms with Crippen LogP contribution in [0.1, 0.15) is 43.6 Å². The number of amides is 2. The van der Waals surface area contributed by atoms with Crippen LogP contribution >= 0.6 is 11.6 Å². The highest BCUT2D eigenvalue weighted by Gasteiger charge is 2.36. The number of likely N-dealkylation sites (tertiary alicyclic amines) is 1. The minimum absolute atomic E-state index is 0.0318. The fourth-order valence-electron chi connectivity index (χ4n) is 4.56. The lowest BCUT2D eigenvalue weighted by molar-refractivity contribution is -0.158. The summed E-state index contributed by atoms with van der Waals surface area (Å²) in [6.45, 7) is 2.05. The second-order valence-electron chi connectivity index (χ2n) is 10.4. The average Bonchev–Trinajstić information content (AvgIpc) is 3.61. The number of anilines is 1. The smallest absolute Gasteiger partial charge is 0.387 e. The molecule has 1 unspecified atom stereocenters. The molecule has 1 saturated heterocycles. The maximum Gasteiger partial charge on any atom is 0.387 e. The number of hydrogen-bond acceptors (Lipinski definition) is 8. The largest absolute Gasteiger partial charge is 0.459 e. The molecule has 12 nitrogen and oxygen atoms in total. The van der Waals surface area contributed by atoms with Gasteiger partial charge in [0.1, 0.15) is 35.2 Å². The Balaban J connectivity index is 1.50. The standard InChI is InChI=1S/C27H26ClF2N7O5/c1-27(2,3)42-21(38)14-35-10-7-19(25(35)40)37-13-18(33-24(39)17-12-32-36-9-4-8-31-23(17)36)22(34-37)16-11-15(28)5-6-20(16)41-26(29)30/h4-6,8-9,11-13,19,26H,7,10,14H2,1-3H3,(H,33,39). The molecule has 1 aliphatic rings. The number of carbonyl (C=O) groups is 3. The molecule has 1 aliphatic heterocycles. The van der Waals surface area contributed by atoms with E-state index in [0.29, 0.717) is 6.42 Å². The first-order valence-electron chi connectivity index (χ1n) is 12.8. The van der Waals surface area contributed by atoms with Gasteiger partial charge in [0.25, 0.3) is 5.91 Å². The van der Waals surface area contributed by atoms with E-state index in [0.717, 1.165) is 0 Å². The summed E-state index contributed by atoms with van der Waals surface area (Å²) in [5.74, 6) is -1.79. The van der Waals surface area contributed by atoms with Crippen molar-refractivity contribution in [3.8, 4) is 17.0 Å². The Morgan fingerprint density at radius 3 is 2.79 bits per heavy atom. The van der Waals surface area contributed by atoms with Crippen molar-refractivity contribution in [2.24, 2.45) is 0 Å². The number of carbonyl (C=O) groups excluding carboxylic acids is 3. The first kappa shape index (κ1) is 28.9. The summed E-state index contributed by atoms with van der Waals surface area (Å²) in [5, 5.41) is 11.6. The third-order valence-corrected chi connectivity index (χ3v) is 6.48. The number of hydrogen-bond donors (Lipinski definition) is 1. The van der Waals surface area contributed by atoms with Crippen molar-refractivity contribution in [1.29, 1.82) is 0 Å². The Labute approximate surface area is 243 Å². The molecule has 4 heterocycles. The van der Waals surface area contributed by atoms with Crippen LogP contribution in [0.25, 0.3) is 16.9 Å². The number of rotatable bonds is 8. The van der Waals surface area contributed by atoms with Gasteiger partial charge in [0.05, 0.1) is 18.1 Å². The van der Waals surface area contributed by atoms with Crippen LogP contribution in [0.4, 0.5) is 14.5 Å². The second kappa shape index (κ2) is 11.4. The van der Waals surface area contributed by atoms with Crippen LogP contribution in [0.2, 0.25) is 5.02 Å². The van der Waals surface area contributed by atoms with Gasteiger partial charge in [-0.05, 0) is 51.5 Å². The maximum atomic E-state index is 13.3. The lowest BCUT2D eigenvalue weighted by Crippen LogP contribution is -2.37. The topological polar surface area (TPSA) is 133 Å². The predicted molar refractivity (Wildman–Crippen MR) is 146 cm³/mol. The second-order valence-corrected chi connectivity index (χ2v) is 10.9. The van der Waals surface area contributed by atoms with Crippen LogP contribution in [0.15, 0.2) is 49.1 Å². The quantitative estimate of drug-likeness (QED) is 0.297. The van der Waals surface area contributed by atoms with Crippen LogP contribution in [0, 0.1) is 0 Å². The minimum atomic E-state index is -3.15. The van der Waals surface area contributed by atoms with Crippen molar-refractivity contribution in [1.82, 2.24) is 29.3 Å². The van der Waals surface area contributed by atoms with Crippen molar-refractivity contribution in [3.63, 3.8) is 0 Å². The lowest BCUT2D eigenvalue weighted by atomic mass is 10.1. The summed E-state index contributed by atoms with van der Waals surface area (Å²) < 4.78 is 39.3. The number of nitrogens with one attached hydrogen (secondary N) is 1. The third kappa shape index (κ3) is 6.17. The molecule has 0 radical (unpaired) electrons. The molecule has 15 heteroatoms. The summed E-state index contributed by atoms with van der Waals surface area (Å²) in [6, 6.07) is 4.81. The highest BCUT2D eigenvalue weighted by Crippen LogP contribution is 2.38. The molecule has 4 aromatic rings. The van der Waals surface area contributed by atoms with Gasteiger partial charge in [0.2, 0.25) is 5.91 Å². The number of alkyl halides is 2. The van der Waals surface area contributed by atoms with E-state index < -0.39 is 36.0 Å². The number of nitrogens with zero attached hydrogens (tertiary/aromatic N) is 6. The van der Waals surface area contributed by atoms with Crippen molar-refractivity contribution >= 4 is 40.7 Å². The molecule has 5 rings (SSSR count). The van der Waals surface area contributed by atoms with E-state index in [-0.39, 0.29) is 52.0 Å². The van der Waals surface area contributed by atoms with Gasteiger partial charge in [-0.25, -0.2) is 9.50 Å². The van der Waals surface area contributed by atoms with Crippen LogP contribution in [0.3, 0.4) is 0 Å². The number of ether oxygens (including phenoxy) is 2. The van der Waals surface area contributed by atoms with Gasteiger partial charge in [-0.2, -0.15) is 19.0 Å². The number of halogens is 3. The van der Waals surface area contributed by atoms with E-state index in [1.807, 2.05) is 0 Å². The van der Waals surface area contributed by atoms with Crippen molar-refractivity contribution in [2.45, 2.75) is 45.4 Å². The number of fused-ring (bicyclic) bond motifs is 1. The normalized spacial score (nSPS) is 15.5. The Morgan fingerprint density at radius 1 is 1.26 bits per heavy atom. The molecule has 0 saturated carbocycles. The summed E-state index contributed by atoms with van der Waals surface area (Å²) in [7, 11) is 0. The van der Waals surface area contributed by atoms with Gasteiger partial charge in [-0.1, -0.05) is 11.6 Å². The summed E-state index contributed by atoms with van der Waals surface area (Å²) in [6.07, 6.45) is 6.17. The van der Waals surface area contributed by atoms with Crippen molar-refractivity contribution in [2.75, 3.05) is 18.4 Å². The zero-order valence-corrected chi connectivity index (χ0v) is 23.5. The molecule has 1 aromatic carbocycles. The molecule has 1 N–H and O–H groups in total. The van der Waals surface area contributed by atoms with Crippen LogP contribution < -0.4 is 10.1 Å². The molecule has 220 valence electrons. The average molecular weight is 602 g/mol. The summed E-state index contributed by atoms with van der Waals surface area (Å²) in [4.78, 5) is 44.5. The molecular weight excluding hydrogens is 576 g/mol. The molecule has 1 atom stereocenters. The molecule has 2 amide bonds. The Hall–Kier alpha value is -4.59. The van der Waals surface area contributed by atoms with Crippen LogP contribution in [-0.4, -0.2) is 72.4 Å². The fourth-order valence-corrected chi connectivity index (χ4v) is 4.73. The SMILES string of the molecule is CC(C)(C)OC(=O)CN1CCC(n2cc(NC(=O)c3cnn4cccnc34)c(-c3cc(Cl)ccc3OC(F)F)n2)C1=O. The van der Waals surface area contributed by atoms with Gasteiger partial charge >= 0.3 is 12.6 Å². The highest BCUT2D eigenvalue weighted by molar-refractivity contribution is 6.31. The molecular formula is C27H26ClF2N7O5. The van der Waals surface area contributed by atoms with Gasteiger partial charge in [-0.3, -0.25) is 19.1 Å². The van der Waals surface area contributed by atoms with Crippen molar-refractivity contribution in [3.05, 3.63) is 59.6 Å². The molecule has 0 bridgehead atoms. The summed E-state index contributed by atoms with van der Waals surface area (Å²) in [5.41, 5.74) is -0.0956. The van der Waals surface area contributed by atoms with Crippen LogP contribution in [0.5, 0.6) is 5.75 Å². The molecule has 42 heavy (non-hydrogen) atoms. The van der Waals surface area contributed by atoms with Gasteiger partial charge < -0.3 is 19.7 Å². The van der Waals surface area contributed by atoms with Gasteiger partial charge in [0.15, 0.2) is 5.65 Å². The molecule has 0 aliphatic carbocycles. The minimum Gasteiger partial charge on any atom is -0.459 e. The van der Waals surface area contributed by atoms with E-state index in [9.17, 15) is 23.2 Å². The molecule has 0 spiro atoms. The van der Waals surface area contributed by atoms with Crippen LogP contribution in [-0.2, 0) is 14.3 Å². The summed E-state index contributed by atoms with van der Waals surface area (Å²) >= 11 is 6.19. The van der Waals surface area contributed by atoms with Crippen molar-refractivity contribution < 1.29 is 32.6 Å². The first-order chi connectivity index (χ1) is 19.9. The zero-order chi connectivity index (χ0) is 30.2. The molecule has 1 fully saturated rings. The predicted octanol–water partition coefficient (Wildman–Crippen LogP) is 4.22. The molecule has 3 aromatic heterocycles. The fraction of sp³-hybridized carbons (Fsp3) is 0.333. The van der Waals surface area contributed by atoms with E-state index in [1.54, 1.807) is 33.0 Å². The first-order valence-corrected chi connectivity index (χ1v) is 13.2. The maximum absolute atomic E-state index is 13.3. The lowest BCUT2D eigenvalue weighted by Gasteiger charge is -2.22.